The van der Waals surface area contributed by atoms with Gasteiger partial charge in [0.25, 0.3) is 0 Å². The number of carbonyl (C=O) groups is 2. The monoisotopic (exact) mass is 426 g/mol. The molecule has 4 rings (SSSR count). The van der Waals surface area contributed by atoms with Crippen molar-refractivity contribution >= 4 is 12.1 Å². The van der Waals surface area contributed by atoms with Crippen molar-refractivity contribution in [2.45, 2.75) is 12.3 Å². The molecule has 0 bridgehead atoms. The fraction of sp³-hybridized carbons (Fsp3) is 0.192. The summed E-state index contributed by atoms with van der Waals surface area (Å²) in [4.78, 5) is 27.9. The summed E-state index contributed by atoms with van der Waals surface area (Å²) in [6.07, 6.45) is 1.43. The average Bonchev–Trinajstić information content (AvgIpc) is 3.16. The number of hydrogen-bond donors (Lipinski definition) is 1. The van der Waals surface area contributed by atoms with Gasteiger partial charge in [-0.05, 0) is 34.4 Å². The van der Waals surface area contributed by atoms with E-state index in [1.807, 2.05) is 24.3 Å². The molecule has 1 aliphatic rings. The molecule has 32 heavy (non-hydrogen) atoms. The summed E-state index contributed by atoms with van der Waals surface area (Å²) < 4.78 is 10.2. The number of hydrogen-bond acceptors (Lipinski definition) is 5. The molecule has 0 atom stereocenters. The number of nitrogens with one attached hydrogen (secondary N) is 1. The number of alkyl carbamates (subject to hydrolysis) is 1. The standard InChI is InChI=1S/C26H22N2O4/c1-31-25(29)24-18(10-8-16-27-24)9-6-7-15-28-26(30)32-17-23-21-13-4-2-11-19(21)20-12-3-5-14-22(20)23/h2-5,8,10-14,16,23H,7,15,17H2,1H3,(H,28,30). The van der Waals surface area contributed by atoms with Crippen LogP contribution in [0.4, 0.5) is 4.79 Å². The number of pyridine rings is 1. The Labute approximate surface area is 186 Å². The first-order valence-corrected chi connectivity index (χ1v) is 10.3. The van der Waals surface area contributed by atoms with Gasteiger partial charge in [-0.3, -0.25) is 0 Å². The maximum atomic E-state index is 12.2. The smallest absolute Gasteiger partial charge is 0.407 e. The van der Waals surface area contributed by atoms with Gasteiger partial charge in [0.1, 0.15) is 6.61 Å². The first-order chi connectivity index (χ1) is 15.7. The molecule has 1 aliphatic carbocycles. The second kappa shape index (κ2) is 9.80. The van der Waals surface area contributed by atoms with Gasteiger partial charge in [-0.2, -0.15) is 0 Å². The molecule has 0 fully saturated rings. The normalized spacial score (nSPS) is 11.5. The maximum Gasteiger partial charge on any atom is 0.407 e. The number of aromatic nitrogens is 1. The third kappa shape index (κ3) is 4.47. The molecular formula is C26H22N2O4. The number of nitrogens with zero attached hydrogens (tertiary/aromatic N) is 1. The van der Waals surface area contributed by atoms with Crippen LogP contribution < -0.4 is 5.32 Å². The van der Waals surface area contributed by atoms with E-state index in [4.69, 9.17) is 9.47 Å². The van der Waals surface area contributed by atoms with Gasteiger partial charge in [-0.1, -0.05) is 60.4 Å². The van der Waals surface area contributed by atoms with Gasteiger partial charge < -0.3 is 14.8 Å². The van der Waals surface area contributed by atoms with Crippen LogP contribution in [0.3, 0.4) is 0 Å². The molecule has 1 heterocycles. The highest BCUT2D eigenvalue weighted by molar-refractivity contribution is 5.90. The predicted octanol–water partition coefficient (Wildman–Crippen LogP) is 4.15. The lowest BCUT2D eigenvalue weighted by atomic mass is 9.98. The molecule has 160 valence electrons. The lowest BCUT2D eigenvalue weighted by Crippen LogP contribution is -2.26. The van der Waals surface area contributed by atoms with Crippen LogP contribution in [0.15, 0.2) is 66.9 Å². The van der Waals surface area contributed by atoms with Crippen molar-refractivity contribution in [1.29, 1.82) is 0 Å². The molecule has 0 saturated carbocycles. The number of esters is 1. The summed E-state index contributed by atoms with van der Waals surface area (Å²) in [5, 5.41) is 2.72. The molecule has 2 aromatic carbocycles. The van der Waals surface area contributed by atoms with Gasteiger partial charge in [-0.25, -0.2) is 14.6 Å². The van der Waals surface area contributed by atoms with Crippen LogP contribution in [0.2, 0.25) is 0 Å². The zero-order valence-corrected chi connectivity index (χ0v) is 17.6. The zero-order valence-electron chi connectivity index (χ0n) is 17.6. The minimum Gasteiger partial charge on any atom is -0.464 e. The van der Waals surface area contributed by atoms with E-state index in [0.29, 0.717) is 18.5 Å². The van der Waals surface area contributed by atoms with E-state index < -0.39 is 12.1 Å². The summed E-state index contributed by atoms with van der Waals surface area (Å²) in [5.74, 6) is 5.31. The van der Waals surface area contributed by atoms with Crippen molar-refractivity contribution in [3.05, 3.63) is 89.2 Å². The number of benzene rings is 2. The fourth-order valence-corrected chi connectivity index (χ4v) is 3.80. The quantitative estimate of drug-likeness (QED) is 0.377. The summed E-state index contributed by atoms with van der Waals surface area (Å²) in [5.41, 5.74) is 5.38. The Kier molecular flexibility index (Phi) is 6.47. The molecule has 0 aliphatic heterocycles. The molecule has 1 N–H and O–H groups in total. The van der Waals surface area contributed by atoms with E-state index >= 15 is 0 Å². The van der Waals surface area contributed by atoms with Crippen molar-refractivity contribution < 1.29 is 19.1 Å². The molecule has 0 radical (unpaired) electrons. The minimum absolute atomic E-state index is 0.0234. The van der Waals surface area contributed by atoms with Crippen LogP contribution in [0.25, 0.3) is 11.1 Å². The number of amides is 1. The fourth-order valence-electron chi connectivity index (χ4n) is 3.80. The Hall–Kier alpha value is -4.11. The third-order valence-corrected chi connectivity index (χ3v) is 5.27. The maximum absolute atomic E-state index is 12.2. The van der Waals surface area contributed by atoms with Crippen molar-refractivity contribution in [3.8, 4) is 23.0 Å². The Balaban J connectivity index is 1.30. The largest absolute Gasteiger partial charge is 0.464 e. The van der Waals surface area contributed by atoms with Crippen LogP contribution in [0, 0.1) is 11.8 Å². The van der Waals surface area contributed by atoms with Gasteiger partial charge in [0.15, 0.2) is 5.69 Å². The van der Waals surface area contributed by atoms with E-state index in [9.17, 15) is 9.59 Å². The Morgan fingerprint density at radius 3 is 2.38 bits per heavy atom. The van der Waals surface area contributed by atoms with Crippen molar-refractivity contribution in [2.24, 2.45) is 0 Å². The van der Waals surface area contributed by atoms with Crippen LogP contribution in [0.1, 0.15) is 39.5 Å². The summed E-state index contributed by atoms with van der Waals surface area (Å²) in [6, 6.07) is 19.8. The highest BCUT2D eigenvalue weighted by Gasteiger charge is 2.28. The molecule has 6 nitrogen and oxygen atoms in total. The lowest BCUT2D eigenvalue weighted by Gasteiger charge is -2.14. The van der Waals surface area contributed by atoms with E-state index in [1.165, 1.54) is 35.6 Å². The van der Waals surface area contributed by atoms with Gasteiger partial charge in [0.05, 0.1) is 12.7 Å². The van der Waals surface area contributed by atoms with Crippen LogP contribution in [0.5, 0.6) is 0 Å². The second-order valence-corrected chi connectivity index (χ2v) is 7.20. The summed E-state index contributed by atoms with van der Waals surface area (Å²) in [7, 11) is 1.30. The Morgan fingerprint density at radius 2 is 1.69 bits per heavy atom. The minimum atomic E-state index is -0.535. The predicted molar refractivity (Wildman–Crippen MR) is 120 cm³/mol. The van der Waals surface area contributed by atoms with Crippen molar-refractivity contribution in [1.82, 2.24) is 10.3 Å². The second-order valence-electron chi connectivity index (χ2n) is 7.20. The van der Waals surface area contributed by atoms with Crippen molar-refractivity contribution in [3.63, 3.8) is 0 Å². The lowest BCUT2D eigenvalue weighted by molar-refractivity contribution is 0.0593. The van der Waals surface area contributed by atoms with Crippen LogP contribution >= 0.6 is 0 Å². The van der Waals surface area contributed by atoms with Gasteiger partial charge >= 0.3 is 12.1 Å². The van der Waals surface area contributed by atoms with Crippen LogP contribution in [-0.4, -0.2) is 37.3 Å². The van der Waals surface area contributed by atoms with Crippen molar-refractivity contribution in [2.75, 3.05) is 20.3 Å². The molecule has 6 heteroatoms. The molecule has 1 amide bonds. The summed E-state index contributed by atoms with van der Waals surface area (Å²) >= 11 is 0. The number of fused-ring (bicyclic) bond motifs is 3. The topological polar surface area (TPSA) is 77.5 Å². The van der Waals surface area contributed by atoms with Gasteiger partial charge in [0, 0.05) is 25.1 Å². The molecular weight excluding hydrogens is 404 g/mol. The van der Waals surface area contributed by atoms with E-state index in [2.05, 4.69) is 46.4 Å². The first-order valence-electron chi connectivity index (χ1n) is 10.3. The van der Waals surface area contributed by atoms with Gasteiger partial charge in [0.2, 0.25) is 0 Å². The molecule has 3 aromatic rings. The number of ether oxygens (including phenoxy) is 2. The summed E-state index contributed by atoms with van der Waals surface area (Å²) in [6.45, 7) is 0.598. The number of rotatable bonds is 5. The van der Waals surface area contributed by atoms with Gasteiger partial charge in [-0.15, -0.1) is 0 Å². The van der Waals surface area contributed by atoms with Crippen LogP contribution in [-0.2, 0) is 9.47 Å². The molecule has 1 aromatic heterocycles. The third-order valence-electron chi connectivity index (χ3n) is 5.27. The zero-order chi connectivity index (χ0) is 22.3. The molecule has 0 unspecified atom stereocenters. The van der Waals surface area contributed by atoms with E-state index in [1.54, 1.807) is 12.1 Å². The highest BCUT2D eigenvalue weighted by atomic mass is 16.5. The SMILES string of the molecule is COC(=O)c1ncccc1C#CCCNC(=O)OCC1c2ccccc2-c2ccccc21. The number of carbonyl (C=O) groups excluding carboxylic acids is 2. The number of methoxy groups -OCH3 is 1. The Morgan fingerprint density at radius 1 is 1.00 bits per heavy atom. The van der Waals surface area contributed by atoms with E-state index in [-0.39, 0.29) is 18.2 Å². The van der Waals surface area contributed by atoms with E-state index in [0.717, 1.165) is 0 Å². The molecule has 0 saturated heterocycles. The molecule has 0 spiro atoms. The first kappa shape index (κ1) is 21.1. The average molecular weight is 426 g/mol. The Bertz CT molecular complexity index is 1160. The highest BCUT2D eigenvalue weighted by Crippen LogP contribution is 2.44.